The number of hydrogen-bond donors (Lipinski definition) is 2. The predicted octanol–water partition coefficient (Wildman–Crippen LogP) is 1.10. The molecule has 1 aromatic rings. The molecule has 1 rings (SSSR count). The van der Waals surface area contributed by atoms with Crippen LogP contribution in [-0.4, -0.2) is 17.6 Å². The third-order valence-corrected chi connectivity index (χ3v) is 1.77. The Morgan fingerprint density at radius 2 is 2.43 bits per heavy atom. The number of anilines is 1. The Morgan fingerprint density at radius 1 is 1.64 bits per heavy atom. The van der Waals surface area contributed by atoms with Crippen LogP contribution in [-0.2, 0) is 0 Å². The van der Waals surface area contributed by atoms with Crippen molar-refractivity contribution in [1.29, 1.82) is 5.26 Å². The van der Waals surface area contributed by atoms with E-state index in [1.807, 2.05) is 19.1 Å². The molecule has 0 aromatic carbocycles. The maximum absolute atomic E-state index is 8.62. The van der Waals surface area contributed by atoms with E-state index in [-0.39, 0.29) is 6.04 Å². The number of aromatic nitrogens is 1. The highest BCUT2D eigenvalue weighted by Crippen LogP contribution is 2.03. The summed E-state index contributed by atoms with van der Waals surface area (Å²) in [6.07, 6.45) is 0.887. The maximum Gasteiger partial charge on any atom is 0.142 e. The highest BCUT2D eigenvalue weighted by Gasteiger charge is 1.97. The van der Waals surface area contributed by atoms with Crippen LogP contribution in [0.2, 0.25) is 0 Å². The van der Waals surface area contributed by atoms with Gasteiger partial charge in [0.2, 0.25) is 0 Å². The van der Waals surface area contributed by atoms with Crippen molar-refractivity contribution in [2.75, 3.05) is 11.9 Å². The summed E-state index contributed by atoms with van der Waals surface area (Å²) in [5.74, 6) is 0.727. The van der Waals surface area contributed by atoms with Gasteiger partial charge in [0.15, 0.2) is 0 Å². The molecule has 0 radical (unpaired) electrons. The first-order chi connectivity index (χ1) is 6.72. The topological polar surface area (TPSA) is 74.7 Å². The predicted molar refractivity (Wildman–Crippen MR) is 55.7 cm³/mol. The second-order valence-electron chi connectivity index (χ2n) is 3.21. The number of pyridine rings is 1. The third-order valence-electron chi connectivity index (χ3n) is 1.77. The summed E-state index contributed by atoms with van der Waals surface area (Å²) in [7, 11) is 0. The van der Waals surface area contributed by atoms with Crippen LogP contribution in [0.1, 0.15) is 19.0 Å². The van der Waals surface area contributed by atoms with Gasteiger partial charge in [0.05, 0.1) is 0 Å². The first-order valence-corrected chi connectivity index (χ1v) is 4.59. The molecule has 0 aliphatic rings. The van der Waals surface area contributed by atoms with E-state index in [1.165, 1.54) is 0 Å². The molecule has 0 aliphatic heterocycles. The molecule has 0 aliphatic carbocycles. The molecule has 0 amide bonds. The zero-order chi connectivity index (χ0) is 10.4. The largest absolute Gasteiger partial charge is 0.370 e. The molecule has 0 bridgehead atoms. The van der Waals surface area contributed by atoms with E-state index in [2.05, 4.69) is 10.3 Å². The average molecular weight is 190 g/mol. The fraction of sp³-hybridized carbons (Fsp3) is 0.400. The molecule has 3 N–H and O–H groups in total. The molecule has 1 unspecified atom stereocenters. The molecule has 0 fully saturated rings. The van der Waals surface area contributed by atoms with Gasteiger partial charge < -0.3 is 11.1 Å². The Bertz CT molecular complexity index is 327. The Balaban J connectivity index is 2.47. The number of nitrogens with zero attached hydrogens (tertiary/aromatic N) is 2. The van der Waals surface area contributed by atoms with Gasteiger partial charge in [-0.3, -0.25) is 0 Å². The van der Waals surface area contributed by atoms with E-state index in [0.717, 1.165) is 18.8 Å². The quantitative estimate of drug-likeness (QED) is 0.745. The van der Waals surface area contributed by atoms with Crippen LogP contribution in [0.5, 0.6) is 0 Å². The Hall–Kier alpha value is -1.60. The lowest BCUT2D eigenvalue weighted by Crippen LogP contribution is -2.19. The fourth-order valence-electron chi connectivity index (χ4n) is 1.02. The van der Waals surface area contributed by atoms with Crippen molar-refractivity contribution >= 4 is 5.82 Å². The molecule has 1 aromatic heterocycles. The van der Waals surface area contributed by atoms with Crippen molar-refractivity contribution in [2.45, 2.75) is 19.4 Å². The van der Waals surface area contributed by atoms with Crippen LogP contribution in [0.15, 0.2) is 18.2 Å². The highest BCUT2D eigenvalue weighted by molar-refractivity contribution is 5.38. The smallest absolute Gasteiger partial charge is 0.142 e. The van der Waals surface area contributed by atoms with Crippen LogP contribution in [0, 0.1) is 11.3 Å². The summed E-state index contributed by atoms with van der Waals surface area (Å²) in [6.45, 7) is 2.74. The third kappa shape index (κ3) is 3.42. The van der Waals surface area contributed by atoms with Gasteiger partial charge in [0.25, 0.3) is 0 Å². The Morgan fingerprint density at radius 3 is 3.07 bits per heavy atom. The van der Waals surface area contributed by atoms with Crippen molar-refractivity contribution < 1.29 is 0 Å². The normalized spacial score (nSPS) is 11.8. The highest BCUT2D eigenvalue weighted by atomic mass is 15.0. The van der Waals surface area contributed by atoms with Crippen LogP contribution >= 0.6 is 0 Å². The van der Waals surface area contributed by atoms with Gasteiger partial charge in [-0.25, -0.2) is 4.98 Å². The standard InChI is InChI=1S/C10H14N4/c1-8(12)5-6-13-10-4-2-3-9(7-11)14-10/h2-4,8H,5-6,12H2,1H3,(H,13,14). The first kappa shape index (κ1) is 10.5. The summed E-state index contributed by atoms with van der Waals surface area (Å²) in [5.41, 5.74) is 6.03. The van der Waals surface area contributed by atoms with Gasteiger partial charge in [-0.15, -0.1) is 0 Å². The monoisotopic (exact) mass is 190 g/mol. The molecule has 4 heteroatoms. The lowest BCUT2D eigenvalue weighted by atomic mass is 10.2. The first-order valence-electron chi connectivity index (χ1n) is 4.59. The van der Waals surface area contributed by atoms with Gasteiger partial charge in [-0.2, -0.15) is 5.26 Å². The second kappa shape index (κ2) is 5.20. The van der Waals surface area contributed by atoms with E-state index in [1.54, 1.807) is 12.1 Å². The maximum atomic E-state index is 8.62. The number of nitrogens with one attached hydrogen (secondary N) is 1. The number of hydrogen-bond acceptors (Lipinski definition) is 4. The van der Waals surface area contributed by atoms with Crippen molar-refractivity contribution in [1.82, 2.24) is 4.98 Å². The zero-order valence-electron chi connectivity index (χ0n) is 8.20. The summed E-state index contributed by atoms with van der Waals surface area (Å²) in [6, 6.07) is 7.49. The molecule has 1 atom stereocenters. The van der Waals surface area contributed by atoms with E-state index in [9.17, 15) is 0 Å². The van der Waals surface area contributed by atoms with Crippen LogP contribution in [0.25, 0.3) is 0 Å². The van der Waals surface area contributed by atoms with E-state index >= 15 is 0 Å². The van der Waals surface area contributed by atoms with Crippen molar-refractivity contribution in [3.63, 3.8) is 0 Å². The van der Waals surface area contributed by atoms with Gasteiger partial charge in [-0.05, 0) is 25.5 Å². The molecular formula is C10H14N4. The van der Waals surface area contributed by atoms with Crippen molar-refractivity contribution in [3.05, 3.63) is 23.9 Å². The van der Waals surface area contributed by atoms with Gasteiger partial charge in [0, 0.05) is 12.6 Å². The molecular weight excluding hydrogens is 176 g/mol. The minimum Gasteiger partial charge on any atom is -0.370 e. The number of rotatable bonds is 4. The SMILES string of the molecule is CC(N)CCNc1cccc(C#N)n1. The van der Waals surface area contributed by atoms with E-state index < -0.39 is 0 Å². The van der Waals surface area contributed by atoms with Gasteiger partial charge in [0.1, 0.15) is 17.6 Å². The lowest BCUT2D eigenvalue weighted by Gasteiger charge is -2.07. The molecule has 74 valence electrons. The Kier molecular flexibility index (Phi) is 3.89. The van der Waals surface area contributed by atoms with Crippen molar-refractivity contribution in [2.24, 2.45) is 5.73 Å². The van der Waals surface area contributed by atoms with Crippen molar-refractivity contribution in [3.8, 4) is 6.07 Å². The van der Waals surface area contributed by atoms with E-state index in [4.69, 9.17) is 11.0 Å². The Labute approximate surface area is 83.8 Å². The summed E-state index contributed by atoms with van der Waals surface area (Å²) >= 11 is 0. The second-order valence-corrected chi connectivity index (χ2v) is 3.21. The average Bonchev–Trinajstić information content (AvgIpc) is 2.18. The van der Waals surface area contributed by atoms with E-state index in [0.29, 0.717) is 5.69 Å². The number of nitriles is 1. The molecule has 0 saturated carbocycles. The minimum absolute atomic E-state index is 0.182. The summed E-state index contributed by atoms with van der Waals surface area (Å²) < 4.78 is 0. The molecule has 0 spiro atoms. The molecule has 14 heavy (non-hydrogen) atoms. The number of nitrogens with two attached hydrogens (primary N) is 1. The van der Waals surface area contributed by atoms with Crippen LogP contribution in [0.3, 0.4) is 0 Å². The fourth-order valence-corrected chi connectivity index (χ4v) is 1.02. The lowest BCUT2D eigenvalue weighted by molar-refractivity contribution is 0.689. The van der Waals surface area contributed by atoms with Gasteiger partial charge in [-0.1, -0.05) is 6.07 Å². The minimum atomic E-state index is 0.182. The van der Waals surface area contributed by atoms with Crippen LogP contribution in [0.4, 0.5) is 5.82 Å². The molecule has 1 heterocycles. The zero-order valence-corrected chi connectivity index (χ0v) is 8.20. The molecule has 0 saturated heterocycles. The van der Waals surface area contributed by atoms with Crippen LogP contribution < -0.4 is 11.1 Å². The summed E-state index contributed by atoms with van der Waals surface area (Å²) in [4.78, 5) is 4.08. The summed E-state index contributed by atoms with van der Waals surface area (Å²) in [5, 5.41) is 11.7. The molecule has 4 nitrogen and oxygen atoms in total. The van der Waals surface area contributed by atoms with Gasteiger partial charge >= 0.3 is 0 Å².